The van der Waals surface area contributed by atoms with Gasteiger partial charge in [0.25, 0.3) is 0 Å². The molecule has 0 atom stereocenters. The van der Waals surface area contributed by atoms with E-state index in [1.165, 1.54) is 52.0 Å². The third kappa shape index (κ3) is 5.41. The van der Waals surface area contributed by atoms with Crippen LogP contribution in [0, 0.1) is 0 Å². The van der Waals surface area contributed by atoms with Crippen LogP contribution in [0.2, 0.25) is 0 Å². The minimum atomic E-state index is -0.676. The second kappa shape index (κ2) is 14.2. The third-order valence-electron chi connectivity index (χ3n) is 9.99. The van der Waals surface area contributed by atoms with Crippen LogP contribution in [-0.4, -0.2) is 102 Å². The first kappa shape index (κ1) is 37.6. The predicted octanol–water partition coefficient (Wildman–Crippen LogP) is 5.03. The molecule has 14 heteroatoms. The van der Waals surface area contributed by atoms with Crippen LogP contribution < -0.4 is 20.1 Å². The number of carbonyl (C=O) groups is 4. The molecule has 0 spiro atoms. The third-order valence-corrected chi connectivity index (χ3v) is 11.6. The van der Waals surface area contributed by atoms with Crippen molar-refractivity contribution in [1.82, 2.24) is 13.4 Å². The maximum Gasteiger partial charge on any atom is 0.341 e. The molecule has 0 aliphatic carbocycles. The molecule has 0 saturated heterocycles. The molecule has 7 aromatic rings. The number of hydrogen-bond acceptors (Lipinski definition) is 11. The Bertz CT molecular complexity index is 2850. The summed E-state index contributed by atoms with van der Waals surface area (Å²) in [6.45, 7) is 0. The molecule has 0 amide bonds. The van der Waals surface area contributed by atoms with E-state index in [2.05, 4.69) is 0 Å². The average molecular weight is 780 g/mol. The fourth-order valence-corrected chi connectivity index (χ4v) is 9.22. The van der Waals surface area contributed by atoms with Crippen molar-refractivity contribution in [3.8, 4) is 0 Å². The predicted molar refractivity (Wildman–Crippen MR) is 216 cm³/mol. The molecule has 12 nitrogen and oxygen atoms in total. The van der Waals surface area contributed by atoms with E-state index in [-0.39, 0.29) is 22.3 Å². The molecule has 6 heterocycles. The van der Waals surface area contributed by atoms with Crippen LogP contribution in [0.15, 0.2) is 64.4 Å². The van der Waals surface area contributed by atoms with E-state index >= 15 is 0 Å². The van der Waals surface area contributed by atoms with Crippen molar-refractivity contribution in [2.45, 2.75) is 9.79 Å². The fourth-order valence-electron chi connectivity index (χ4n) is 7.63. The Hall–Kier alpha value is -5.73. The molecule has 0 fully saturated rings. The molecular weight excluding hydrogens is 741 g/mol. The number of pyridine rings is 2. The normalized spacial score (nSPS) is 12.2. The number of nitrogens with zero attached hydrogens (tertiary/aromatic N) is 4. The summed E-state index contributed by atoms with van der Waals surface area (Å²) in [7, 11) is 12.8. The zero-order valence-corrected chi connectivity index (χ0v) is 33.7. The van der Waals surface area contributed by atoms with Gasteiger partial charge in [0, 0.05) is 58.1 Å². The number of anilines is 1. The number of methoxy groups -OCH3 is 4. The van der Waals surface area contributed by atoms with Gasteiger partial charge in [0.15, 0.2) is 0 Å². The Morgan fingerprint density at radius 1 is 0.600 bits per heavy atom. The molecule has 55 heavy (non-hydrogen) atoms. The van der Waals surface area contributed by atoms with Gasteiger partial charge in [0.05, 0.1) is 61.5 Å². The first-order valence-corrected chi connectivity index (χ1v) is 19.5. The molecule has 6 aromatic heterocycles. The Morgan fingerprint density at radius 2 is 1.04 bits per heavy atom. The first-order chi connectivity index (χ1) is 26.4. The van der Waals surface area contributed by atoms with Crippen LogP contribution in [0.25, 0.3) is 38.7 Å². The zero-order valence-electron chi connectivity index (χ0n) is 32.1. The first-order valence-electron chi connectivity index (χ1n) is 17.0. The highest BCUT2D eigenvalue weighted by Gasteiger charge is 2.37. The molecule has 0 aliphatic rings. The Kier molecular flexibility index (Phi) is 9.68. The van der Waals surface area contributed by atoms with E-state index in [1.54, 1.807) is 0 Å². The van der Waals surface area contributed by atoms with Gasteiger partial charge in [-0.1, -0.05) is 30.3 Å². The molecule has 1 aromatic carbocycles. The number of carbonyl (C=O) groups excluding carboxylic acids is 4. The molecule has 0 N–H and O–H groups in total. The highest BCUT2D eigenvalue weighted by molar-refractivity contribution is 7.99. The number of thioether (sulfide) groups is 2. The smallest absolute Gasteiger partial charge is 0.341 e. The largest absolute Gasteiger partial charge is 0.465 e. The summed E-state index contributed by atoms with van der Waals surface area (Å²) in [5.74, 6) is -2.68. The van der Waals surface area contributed by atoms with E-state index in [9.17, 15) is 19.2 Å². The number of benzene rings is 1. The standard InChI is InChI=1S/C41H39N4O8S2/c1-42(2)21-16-23-28(36(54-9)34-32(40(48)52-7)30(38(46)50-5)25(18-21)44(23)34)27(20-14-12-11-13-15-20)29-24-17-22(43(3)4)19-26-31(39(47)51-6)33(41(49)53-8)35(45(24)26)37(29)55-10/h11-19H,1-10H3/q+1. The van der Waals surface area contributed by atoms with Gasteiger partial charge in [-0.25, -0.2) is 23.8 Å². The Morgan fingerprint density at radius 3 is 1.51 bits per heavy atom. The van der Waals surface area contributed by atoms with Crippen molar-refractivity contribution in [1.29, 1.82) is 0 Å². The van der Waals surface area contributed by atoms with Crippen molar-refractivity contribution >= 4 is 91.8 Å². The van der Waals surface area contributed by atoms with Crippen molar-refractivity contribution in [3.63, 3.8) is 0 Å². The van der Waals surface area contributed by atoms with Crippen molar-refractivity contribution in [2.24, 2.45) is 0 Å². The minimum absolute atomic E-state index is 0.0997. The van der Waals surface area contributed by atoms with Crippen LogP contribution in [0.3, 0.4) is 0 Å². The average Bonchev–Trinajstić information content (AvgIpc) is 3.92. The van der Waals surface area contributed by atoms with E-state index < -0.39 is 23.9 Å². The number of hydrogen-bond donors (Lipinski definition) is 0. The lowest BCUT2D eigenvalue weighted by molar-refractivity contribution is 0.0559. The van der Waals surface area contributed by atoms with Crippen molar-refractivity contribution in [3.05, 3.63) is 98.6 Å². The lowest BCUT2D eigenvalue weighted by atomic mass is 9.94. The summed E-state index contributed by atoms with van der Waals surface area (Å²) in [4.78, 5) is 58.1. The van der Waals surface area contributed by atoms with Gasteiger partial charge in [-0.05, 0) is 30.2 Å². The molecule has 282 valence electrons. The molecule has 7 rings (SSSR count). The Balaban J connectivity index is 1.88. The molecule has 0 radical (unpaired) electrons. The summed E-state index contributed by atoms with van der Waals surface area (Å²) < 4.78 is 27.0. The van der Waals surface area contributed by atoms with E-state index in [4.69, 9.17) is 18.9 Å². The van der Waals surface area contributed by atoms with Gasteiger partial charge in [-0.15, -0.1) is 23.5 Å². The highest BCUT2D eigenvalue weighted by Crippen LogP contribution is 2.46. The van der Waals surface area contributed by atoms with Crippen LogP contribution in [0.4, 0.5) is 5.69 Å². The van der Waals surface area contributed by atoms with Gasteiger partial charge >= 0.3 is 23.9 Å². The topological polar surface area (TPSA) is 120 Å². The summed E-state index contributed by atoms with van der Waals surface area (Å²) in [6.07, 6.45) is 3.86. The monoisotopic (exact) mass is 779 g/mol. The molecular formula is C41H39N4O8S2+. The lowest BCUT2D eigenvalue weighted by Gasteiger charge is -2.16. The van der Waals surface area contributed by atoms with Gasteiger partial charge in [-0.3, -0.25) is 0 Å². The number of ether oxygens (including phenoxy) is 4. The summed E-state index contributed by atoms with van der Waals surface area (Å²) >= 11 is 2.88. The fraction of sp³-hybridized carbons (Fsp3) is 0.244. The van der Waals surface area contributed by atoms with Crippen molar-refractivity contribution in [2.75, 3.05) is 74.0 Å². The molecule has 0 saturated carbocycles. The maximum absolute atomic E-state index is 13.8. The highest BCUT2D eigenvalue weighted by atomic mass is 32.2. The van der Waals surface area contributed by atoms with E-state index in [1.807, 2.05) is 114 Å². The van der Waals surface area contributed by atoms with Crippen LogP contribution >= 0.6 is 23.5 Å². The van der Waals surface area contributed by atoms with E-state index in [0.29, 0.717) is 22.1 Å². The van der Waals surface area contributed by atoms with Gasteiger partial charge in [0.1, 0.15) is 36.3 Å². The number of rotatable bonds is 9. The molecule has 0 unspecified atom stereocenters. The summed E-state index contributed by atoms with van der Waals surface area (Å²) in [6, 6.07) is 17.7. The quantitative estimate of drug-likeness (QED) is 0.0850. The van der Waals surface area contributed by atoms with E-state index in [0.717, 1.165) is 53.8 Å². The number of esters is 4. The molecule has 0 aliphatic heterocycles. The second-order valence-corrected chi connectivity index (χ2v) is 14.8. The lowest BCUT2D eigenvalue weighted by Crippen LogP contribution is -2.23. The summed E-state index contributed by atoms with van der Waals surface area (Å²) in [5, 5.41) is 1.58. The minimum Gasteiger partial charge on any atom is -0.465 e. The van der Waals surface area contributed by atoms with Gasteiger partial charge < -0.3 is 32.6 Å². The van der Waals surface area contributed by atoms with Gasteiger partial charge in [0.2, 0.25) is 5.36 Å². The SMILES string of the molecule is COC(=O)c1c(C(=O)OC)c2c(SC)c(/C(c3ccccc3)=c3\c(SC)c4c(C(=O)OC)c(C(=O)OC)c5cc(=[N+](C)C)cc3n54)c3cc(N(C)C)cc1n32. The summed E-state index contributed by atoms with van der Waals surface area (Å²) in [5.41, 5.74) is 7.12. The zero-order chi connectivity index (χ0) is 39.6. The van der Waals surface area contributed by atoms with Gasteiger partial charge in [-0.2, -0.15) is 0 Å². The number of aromatic nitrogens is 2. The second-order valence-electron chi connectivity index (χ2n) is 13.1. The maximum atomic E-state index is 13.8. The van der Waals surface area contributed by atoms with Crippen LogP contribution in [-0.2, 0) is 18.9 Å². The Labute approximate surface area is 324 Å². The van der Waals surface area contributed by atoms with Crippen molar-refractivity contribution < 1.29 is 38.1 Å². The van der Waals surface area contributed by atoms with Crippen LogP contribution in [0.5, 0.6) is 0 Å². The molecule has 0 bridgehead atoms. The van der Waals surface area contributed by atoms with Crippen LogP contribution in [0.1, 0.15) is 52.6 Å².